The number of amides is 1. The van der Waals surface area contributed by atoms with Gasteiger partial charge in [-0.1, -0.05) is 0 Å². The van der Waals surface area contributed by atoms with Crippen LogP contribution in [0.15, 0.2) is 10.7 Å². The Labute approximate surface area is 134 Å². The Morgan fingerprint density at radius 3 is 2.67 bits per heavy atom. The van der Waals surface area contributed by atoms with Crippen LogP contribution in [-0.4, -0.2) is 39.5 Å². The highest BCUT2D eigenvalue weighted by Crippen LogP contribution is 2.27. The highest BCUT2D eigenvalue weighted by molar-refractivity contribution is 9.10. The van der Waals surface area contributed by atoms with Crippen LogP contribution in [0, 0.1) is 6.92 Å². The summed E-state index contributed by atoms with van der Waals surface area (Å²) in [6.45, 7) is 9.24. The Hall–Kier alpha value is -1.04. The van der Waals surface area contributed by atoms with Gasteiger partial charge in [0.05, 0.1) is 16.7 Å². The second kappa shape index (κ2) is 6.38. The molecule has 1 aromatic rings. The molecule has 2 rings (SSSR count). The summed E-state index contributed by atoms with van der Waals surface area (Å²) in [4.78, 5) is 14.0. The van der Waals surface area contributed by atoms with Crippen molar-refractivity contribution in [2.45, 2.75) is 58.6 Å². The molecule has 118 valence electrons. The first-order valence-electron chi connectivity index (χ1n) is 7.45. The molecule has 0 bridgehead atoms. The number of aromatic nitrogens is 2. The molecular weight excluding hydrogens is 334 g/mol. The molecule has 1 atom stereocenters. The molecule has 1 aliphatic rings. The maximum atomic E-state index is 12.2. The van der Waals surface area contributed by atoms with E-state index in [0.29, 0.717) is 6.04 Å². The molecule has 0 radical (unpaired) electrons. The minimum atomic E-state index is -0.438. The zero-order chi connectivity index (χ0) is 15.6. The molecule has 0 saturated carbocycles. The van der Waals surface area contributed by atoms with Gasteiger partial charge >= 0.3 is 6.09 Å². The van der Waals surface area contributed by atoms with Crippen LogP contribution in [0.5, 0.6) is 0 Å². The van der Waals surface area contributed by atoms with Gasteiger partial charge in [0.25, 0.3) is 0 Å². The molecule has 0 aliphatic carbocycles. The Kier molecular flexibility index (Phi) is 4.96. The van der Waals surface area contributed by atoms with Crippen LogP contribution in [0.4, 0.5) is 4.79 Å². The molecule has 2 heterocycles. The predicted molar refractivity (Wildman–Crippen MR) is 85.4 cm³/mol. The molecule has 0 unspecified atom stereocenters. The molecule has 1 amide bonds. The van der Waals surface area contributed by atoms with Crippen LogP contribution in [0.1, 0.15) is 51.8 Å². The summed E-state index contributed by atoms with van der Waals surface area (Å²) in [5.41, 5.74) is 0.706. The highest BCUT2D eigenvalue weighted by Gasteiger charge is 2.26. The molecule has 0 aromatic carbocycles. The van der Waals surface area contributed by atoms with Crippen molar-refractivity contribution in [3.05, 3.63) is 16.4 Å². The number of hydrogen-bond donors (Lipinski definition) is 0. The van der Waals surface area contributed by atoms with Gasteiger partial charge in [0.15, 0.2) is 0 Å². The van der Waals surface area contributed by atoms with Crippen molar-refractivity contribution in [1.82, 2.24) is 14.7 Å². The SMILES string of the molecule is Cc1c(Br)cnn1[C@@H]1CCCN(C(=O)OC(C)(C)C)CC1. The van der Waals surface area contributed by atoms with Gasteiger partial charge in [-0.3, -0.25) is 4.68 Å². The number of rotatable bonds is 1. The zero-order valence-corrected chi connectivity index (χ0v) is 14.8. The van der Waals surface area contributed by atoms with Gasteiger partial charge in [-0.2, -0.15) is 5.10 Å². The van der Waals surface area contributed by atoms with E-state index in [1.807, 2.05) is 31.9 Å². The van der Waals surface area contributed by atoms with Crippen molar-refractivity contribution in [2.75, 3.05) is 13.1 Å². The molecule has 0 N–H and O–H groups in total. The maximum absolute atomic E-state index is 12.2. The van der Waals surface area contributed by atoms with Gasteiger partial charge in [0.1, 0.15) is 5.60 Å². The van der Waals surface area contributed by atoms with Gasteiger partial charge in [0, 0.05) is 18.8 Å². The standard InChI is InChI=1S/C15H24BrN3O2/c1-11-13(16)10-17-19(11)12-6-5-8-18(9-7-12)14(20)21-15(2,3)4/h10,12H,5-9H2,1-4H3/t12-/m1/s1. The van der Waals surface area contributed by atoms with Crippen molar-refractivity contribution in [3.8, 4) is 0 Å². The molecule has 1 aliphatic heterocycles. The third kappa shape index (κ3) is 4.22. The van der Waals surface area contributed by atoms with Gasteiger partial charge in [-0.25, -0.2) is 4.79 Å². The number of ether oxygens (including phenoxy) is 1. The summed E-state index contributed by atoms with van der Waals surface area (Å²) in [6.07, 6.45) is 4.55. The first kappa shape index (κ1) is 16.3. The number of likely N-dealkylation sites (tertiary alicyclic amines) is 1. The fourth-order valence-electron chi connectivity index (χ4n) is 2.60. The van der Waals surface area contributed by atoms with E-state index in [0.717, 1.165) is 42.5 Å². The van der Waals surface area contributed by atoms with Crippen molar-refractivity contribution in [1.29, 1.82) is 0 Å². The Bertz CT molecular complexity index is 508. The van der Waals surface area contributed by atoms with Crippen molar-refractivity contribution < 1.29 is 9.53 Å². The lowest BCUT2D eigenvalue weighted by molar-refractivity contribution is 0.0255. The predicted octanol–water partition coefficient (Wildman–Crippen LogP) is 3.92. The molecule has 21 heavy (non-hydrogen) atoms. The lowest BCUT2D eigenvalue weighted by Gasteiger charge is -2.26. The van der Waals surface area contributed by atoms with E-state index in [-0.39, 0.29) is 6.09 Å². The van der Waals surface area contributed by atoms with Crippen LogP contribution < -0.4 is 0 Å². The lowest BCUT2D eigenvalue weighted by Crippen LogP contribution is -2.37. The van der Waals surface area contributed by atoms with Crippen LogP contribution in [0.25, 0.3) is 0 Å². The van der Waals surface area contributed by atoms with Gasteiger partial charge < -0.3 is 9.64 Å². The third-order valence-corrected chi connectivity index (χ3v) is 4.46. The molecule has 6 heteroatoms. The van der Waals surface area contributed by atoms with Crippen LogP contribution in [-0.2, 0) is 4.74 Å². The van der Waals surface area contributed by atoms with Crippen molar-refractivity contribution >= 4 is 22.0 Å². The monoisotopic (exact) mass is 357 g/mol. The first-order chi connectivity index (χ1) is 9.78. The van der Waals surface area contributed by atoms with E-state index in [9.17, 15) is 4.79 Å². The van der Waals surface area contributed by atoms with Gasteiger partial charge in [-0.05, 0) is 62.9 Å². The summed E-state index contributed by atoms with van der Waals surface area (Å²) in [6, 6.07) is 0.351. The number of hydrogen-bond acceptors (Lipinski definition) is 3. The number of nitrogens with zero attached hydrogens (tertiary/aromatic N) is 3. The molecule has 0 spiro atoms. The van der Waals surface area contributed by atoms with E-state index >= 15 is 0 Å². The van der Waals surface area contributed by atoms with Crippen LogP contribution in [0.2, 0.25) is 0 Å². The van der Waals surface area contributed by atoms with E-state index in [1.165, 1.54) is 0 Å². The Morgan fingerprint density at radius 2 is 2.10 bits per heavy atom. The van der Waals surface area contributed by atoms with Crippen LogP contribution >= 0.6 is 15.9 Å². The summed E-state index contributed by atoms with van der Waals surface area (Å²) >= 11 is 3.50. The van der Waals surface area contributed by atoms with Crippen molar-refractivity contribution in [2.24, 2.45) is 0 Å². The average molecular weight is 358 g/mol. The summed E-state index contributed by atoms with van der Waals surface area (Å²) in [5, 5.41) is 4.45. The van der Waals surface area contributed by atoms with E-state index < -0.39 is 5.60 Å². The molecule has 1 saturated heterocycles. The third-order valence-electron chi connectivity index (χ3n) is 3.68. The molecule has 5 nitrogen and oxygen atoms in total. The highest BCUT2D eigenvalue weighted by atomic mass is 79.9. The van der Waals surface area contributed by atoms with Gasteiger partial charge in [0.2, 0.25) is 0 Å². The molecule has 1 fully saturated rings. The largest absolute Gasteiger partial charge is 0.444 e. The second-order valence-electron chi connectivity index (χ2n) is 6.57. The quantitative estimate of drug-likeness (QED) is 0.765. The average Bonchev–Trinajstić information content (AvgIpc) is 2.61. The summed E-state index contributed by atoms with van der Waals surface area (Å²) < 4.78 is 8.57. The molecular formula is C15H24BrN3O2. The summed E-state index contributed by atoms with van der Waals surface area (Å²) in [5.74, 6) is 0. The van der Waals surface area contributed by atoms with Crippen molar-refractivity contribution in [3.63, 3.8) is 0 Å². The molecule has 1 aromatic heterocycles. The topological polar surface area (TPSA) is 47.4 Å². The van der Waals surface area contributed by atoms with E-state index in [4.69, 9.17) is 4.74 Å². The van der Waals surface area contributed by atoms with Gasteiger partial charge in [-0.15, -0.1) is 0 Å². The lowest BCUT2D eigenvalue weighted by atomic mass is 10.1. The van der Waals surface area contributed by atoms with E-state index in [1.54, 1.807) is 0 Å². The Balaban J connectivity index is 1.99. The maximum Gasteiger partial charge on any atom is 0.410 e. The number of halogens is 1. The first-order valence-corrected chi connectivity index (χ1v) is 8.25. The minimum absolute atomic E-state index is 0.207. The summed E-state index contributed by atoms with van der Waals surface area (Å²) in [7, 11) is 0. The van der Waals surface area contributed by atoms with E-state index in [2.05, 4.69) is 32.6 Å². The minimum Gasteiger partial charge on any atom is -0.444 e. The smallest absolute Gasteiger partial charge is 0.410 e. The van der Waals surface area contributed by atoms with Crippen LogP contribution in [0.3, 0.4) is 0 Å². The Morgan fingerprint density at radius 1 is 1.38 bits per heavy atom. The number of carbonyl (C=O) groups is 1. The number of carbonyl (C=O) groups excluding carboxylic acids is 1. The zero-order valence-electron chi connectivity index (χ0n) is 13.2. The fourth-order valence-corrected chi connectivity index (χ4v) is 2.88. The second-order valence-corrected chi connectivity index (χ2v) is 7.43. The fraction of sp³-hybridized carbons (Fsp3) is 0.733. The normalized spacial score (nSPS) is 20.2.